The molecule has 0 aliphatic heterocycles. The Hall–Kier alpha value is -2.52. The van der Waals surface area contributed by atoms with Crippen molar-refractivity contribution in [2.75, 3.05) is 12.4 Å². The highest BCUT2D eigenvalue weighted by molar-refractivity contribution is 7.91. The van der Waals surface area contributed by atoms with Crippen molar-refractivity contribution in [3.05, 3.63) is 54.1 Å². The lowest BCUT2D eigenvalue weighted by Gasteiger charge is -2.07. The molecule has 0 spiro atoms. The van der Waals surface area contributed by atoms with Crippen LogP contribution in [0.5, 0.6) is 11.5 Å². The molecule has 0 atom stereocenters. The van der Waals surface area contributed by atoms with Gasteiger partial charge in [-0.2, -0.15) is 5.26 Å². The van der Waals surface area contributed by atoms with Gasteiger partial charge in [-0.25, -0.2) is 8.42 Å². The molecule has 0 aliphatic carbocycles. The Morgan fingerprint density at radius 3 is 2.48 bits per heavy atom. The Labute approximate surface area is 123 Å². The minimum Gasteiger partial charge on any atom is -0.508 e. The van der Waals surface area contributed by atoms with E-state index in [0.29, 0.717) is 11.3 Å². The highest BCUT2D eigenvalue weighted by atomic mass is 32.2. The van der Waals surface area contributed by atoms with Crippen molar-refractivity contribution >= 4 is 9.84 Å². The third-order valence-corrected chi connectivity index (χ3v) is 4.48. The Bertz CT molecular complexity index is 761. The minimum atomic E-state index is -3.46. The number of hydrogen-bond donors (Lipinski definition) is 1. The van der Waals surface area contributed by atoms with Crippen LogP contribution in [0.15, 0.2) is 53.4 Å². The minimum absolute atomic E-state index is 0.0220. The molecule has 0 unspecified atom stereocenters. The van der Waals surface area contributed by atoms with Gasteiger partial charge in [0.15, 0.2) is 9.84 Å². The lowest BCUT2D eigenvalue weighted by Crippen LogP contribution is -2.14. The predicted octanol–water partition coefficient (Wildman–Crippen LogP) is 2.12. The third-order valence-electron chi connectivity index (χ3n) is 2.78. The van der Waals surface area contributed by atoms with Gasteiger partial charge >= 0.3 is 0 Å². The van der Waals surface area contributed by atoms with E-state index < -0.39 is 9.84 Å². The van der Waals surface area contributed by atoms with Crippen molar-refractivity contribution in [1.29, 1.82) is 5.26 Å². The number of benzene rings is 2. The summed E-state index contributed by atoms with van der Waals surface area (Å²) in [6.07, 6.45) is 0. The SMILES string of the molecule is N#Cc1ccc(S(=O)(=O)CCOc2cccc(O)c2)cc1. The van der Waals surface area contributed by atoms with Gasteiger partial charge in [0.2, 0.25) is 0 Å². The average Bonchev–Trinajstić information content (AvgIpc) is 2.47. The van der Waals surface area contributed by atoms with E-state index in [2.05, 4.69) is 0 Å². The van der Waals surface area contributed by atoms with E-state index in [0.717, 1.165) is 0 Å². The maximum atomic E-state index is 12.1. The monoisotopic (exact) mass is 303 g/mol. The molecular formula is C15H13NO4S. The molecule has 0 heterocycles. The highest BCUT2D eigenvalue weighted by Gasteiger charge is 2.14. The van der Waals surface area contributed by atoms with E-state index in [-0.39, 0.29) is 23.0 Å². The lowest BCUT2D eigenvalue weighted by atomic mass is 10.2. The molecule has 0 aliphatic rings. The van der Waals surface area contributed by atoms with Gasteiger partial charge in [0.25, 0.3) is 0 Å². The topological polar surface area (TPSA) is 87.4 Å². The Morgan fingerprint density at radius 2 is 1.86 bits per heavy atom. The summed E-state index contributed by atoms with van der Waals surface area (Å²) >= 11 is 0. The van der Waals surface area contributed by atoms with E-state index >= 15 is 0 Å². The van der Waals surface area contributed by atoms with Crippen molar-refractivity contribution in [2.24, 2.45) is 0 Å². The largest absolute Gasteiger partial charge is 0.508 e. The van der Waals surface area contributed by atoms with Crippen LogP contribution in [0.1, 0.15) is 5.56 Å². The van der Waals surface area contributed by atoms with Gasteiger partial charge in [-0.1, -0.05) is 6.07 Å². The van der Waals surface area contributed by atoms with Crippen molar-refractivity contribution in [2.45, 2.75) is 4.90 Å². The van der Waals surface area contributed by atoms with Crippen LogP contribution in [0.3, 0.4) is 0 Å². The second-order valence-electron chi connectivity index (χ2n) is 4.30. The van der Waals surface area contributed by atoms with Crippen LogP contribution in [0.25, 0.3) is 0 Å². The Balaban J connectivity index is 1.99. The van der Waals surface area contributed by atoms with Crippen LogP contribution < -0.4 is 4.74 Å². The van der Waals surface area contributed by atoms with Crippen LogP contribution in [0, 0.1) is 11.3 Å². The van der Waals surface area contributed by atoms with Gasteiger partial charge in [0.1, 0.15) is 18.1 Å². The van der Waals surface area contributed by atoms with E-state index in [1.807, 2.05) is 6.07 Å². The quantitative estimate of drug-likeness (QED) is 0.914. The first-order valence-electron chi connectivity index (χ1n) is 6.16. The summed E-state index contributed by atoms with van der Waals surface area (Å²) in [4.78, 5) is 0.154. The van der Waals surface area contributed by atoms with Gasteiger partial charge in [0, 0.05) is 6.07 Å². The number of phenolic OH excluding ortho intramolecular Hbond substituents is 1. The molecule has 5 nitrogen and oxygen atoms in total. The zero-order chi connectivity index (χ0) is 15.3. The number of sulfone groups is 1. The molecule has 108 valence electrons. The van der Waals surface area contributed by atoms with Crippen LogP contribution >= 0.6 is 0 Å². The second-order valence-corrected chi connectivity index (χ2v) is 6.41. The van der Waals surface area contributed by atoms with Gasteiger partial charge < -0.3 is 9.84 Å². The number of hydrogen-bond acceptors (Lipinski definition) is 5. The van der Waals surface area contributed by atoms with E-state index in [1.165, 1.54) is 36.4 Å². The van der Waals surface area contributed by atoms with Crippen molar-refractivity contribution in [3.8, 4) is 17.6 Å². The summed E-state index contributed by atoms with van der Waals surface area (Å²) in [6, 6.07) is 13.8. The van der Waals surface area contributed by atoms with Crippen molar-refractivity contribution < 1.29 is 18.3 Å². The van der Waals surface area contributed by atoms with Gasteiger partial charge in [-0.15, -0.1) is 0 Å². The molecule has 1 N–H and O–H groups in total. The number of rotatable bonds is 5. The zero-order valence-electron chi connectivity index (χ0n) is 11.1. The van der Waals surface area contributed by atoms with Crippen LogP contribution in [0.4, 0.5) is 0 Å². The molecule has 6 heteroatoms. The summed E-state index contributed by atoms with van der Waals surface area (Å²) in [5.74, 6) is 0.279. The molecule has 0 saturated heterocycles. The average molecular weight is 303 g/mol. The molecule has 2 aromatic carbocycles. The van der Waals surface area contributed by atoms with E-state index in [4.69, 9.17) is 10.00 Å². The zero-order valence-corrected chi connectivity index (χ0v) is 11.9. The Morgan fingerprint density at radius 1 is 1.14 bits per heavy atom. The predicted molar refractivity (Wildman–Crippen MR) is 76.8 cm³/mol. The van der Waals surface area contributed by atoms with Gasteiger partial charge in [-0.3, -0.25) is 0 Å². The molecule has 0 saturated carbocycles. The van der Waals surface area contributed by atoms with Crippen LogP contribution in [0.2, 0.25) is 0 Å². The van der Waals surface area contributed by atoms with Crippen molar-refractivity contribution in [3.63, 3.8) is 0 Å². The number of nitrogens with zero attached hydrogens (tertiary/aromatic N) is 1. The first-order chi connectivity index (χ1) is 10.0. The molecule has 0 amide bonds. The number of phenols is 1. The van der Waals surface area contributed by atoms with Crippen LogP contribution in [-0.4, -0.2) is 25.9 Å². The van der Waals surface area contributed by atoms with Crippen molar-refractivity contribution in [1.82, 2.24) is 0 Å². The van der Waals surface area contributed by atoms with Gasteiger partial charge in [-0.05, 0) is 36.4 Å². The summed E-state index contributed by atoms with van der Waals surface area (Å²) < 4.78 is 29.5. The van der Waals surface area contributed by atoms with E-state index in [9.17, 15) is 13.5 Å². The lowest BCUT2D eigenvalue weighted by molar-refractivity contribution is 0.338. The van der Waals surface area contributed by atoms with E-state index in [1.54, 1.807) is 12.1 Å². The molecular weight excluding hydrogens is 290 g/mol. The molecule has 0 radical (unpaired) electrons. The number of nitriles is 1. The fourth-order valence-corrected chi connectivity index (χ4v) is 2.79. The fourth-order valence-electron chi connectivity index (χ4n) is 1.70. The summed E-state index contributed by atoms with van der Waals surface area (Å²) in [6.45, 7) is -0.0220. The third kappa shape index (κ3) is 3.97. The number of ether oxygens (including phenoxy) is 1. The molecule has 0 fully saturated rings. The normalized spacial score (nSPS) is 10.8. The standard InChI is InChI=1S/C15H13NO4S/c16-11-12-4-6-15(7-5-12)21(18,19)9-8-20-14-3-1-2-13(17)10-14/h1-7,10,17H,8-9H2. The summed E-state index contributed by atoms with van der Waals surface area (Å²) in [7, 11) is -3.46. The smallest absolute Gasteiger partial charge is 0.181 e. The maximum absolute atomic E-state index is 12.1. The first kappa shape index (κ1) is 14.9. The molecule has 2 rings (SSSR count). The molecule has 0 bridgehead atoms. The molecule has 0 aromatic heterocycles. The summed E-state index contributed by atoms with van der Waals surface area (Å²) in [5.41, 5.74) is 0.407. The molecule has 21 heavy (non-hydrogen) atoms. The van der Waals surface area contributed by atoms with Gasteiger partial charge in [0.05, 0.1) is 22.3 Å². The highest BCUT2D eigenvalue weighted by Crippen LogP contribution is 2.18. The summed E-state index contributed by atoms with van der Waals surface area (Å²) in [5, 5.41) is 18.0. The maximum Gasteiger partial charge on any atom is 0.181 e. The Kier molecular flexibility index (Phi) is 4.45. The fraction of sp³-hybridized carbons (Fsp3) is 0.133. The van der Waals surface area contributed by atoms with Crippen LogP contribution in [-0.2, 0) is 9.84 Å². The first-order valence-corrected chi connectivity index (χ1v) is 7.81. The number of aromatic hydroxyl groups is 1. The second kappa shape index (κ2) is 6.29. The molecule has 2 aromatic rings.